The zero-order valence-electron chi connectivity index (χ0n) is 17.0. The van der Waals surface area contributed by atoms with Crippen molar-refractivity contribution in [3.8, 4) is 28.1 Å². The largest absolute Gasteiger partial charge is 0.423 e. The summed E-state index contributed by atoms with van der Waals surface area (Å²) in [5.74, 6) is 0.0647. The highest BCUT2D eigenvalue weighted by molar-refractivity contribution is 6.30. The lowest BCUT2D eigenvalue weighted by Crippen LogP contribution is -2.10. The lowest BCUT2D eigenvalue weighted by atomic mass is 10.0. The summed E-state index contributed by atoms with van der Waals surface area (Å²) in [4.78, 5) is 17.9. The standard InChI is InChI=1S/C28H18ClNO2/c29-22-14-10-21(11-15-22)27-18-25(24-8-4-5-9-26(24)30-27)28(31)32-23-16-12-20(13-17-23)19-6-2-1-3-7-19/h1-18H. The highest BCUT2D eigenvalue weighted by Gasteiger charge is 2.16. The Morgan fingerprint density at radius 1 is 0.688 bits per heavy atom. The molecule has 0 unspecified atom stereocenters. The normalized spacial score (nSPS) is 10.8. The van der Waals surface area contributed by atoms with Crippen molar-refractivity contribution in [3.05, 3.63) is 120 Å². The Morgan fingerprint density at radius 3 is 2.06 bits per heavy atom. The van der Waals surface area contributed by atoms with Crippen molar-refractivity contribution in [1.82, 2.24) is 4.98 Å². The fourth-order valence-electron chi connectivity index (χ4n) is 3.62. The lowest BCUT2D eigenvalue weighted by molar-refractivity contribution is 0.0737. The van der Waals surface area contributed by atoms with Gasteiger partial charge >= 0.3 is 5.97 Å². The number of pyridine rings is 1. The number of esters is 1. The molecule has 5 rings (SSSR count). The molecule has 1 aromatic heterocycles. The molecule has 154 valence electrons. The highest BCUT2D eigenvalue weighted by atomic mass is 35.5. The minimum Gasteiger partial charge on any atom is -0.423 e. The van der Waals surface area contributed by atoms with Gasteiger partial charge in [-0.3, -0.25) is 0 Å². The molecule has 3 nitrogen and oxygen atoms in total. The van der Waals surface area contributed by atoms with Crippen LogP contribution >= 0.6 is 11.6 Å². The third-order valence-corrected chi connectivity index (χ3v) is 5.50. The number of ether oxygens (including phenoxy) is 1. The first-order chi connectivity index (χ1) is 15.7. The van der Waals surface area contributed by atoms with Crippen LogP contribution in [0, 0.1) is 0 Å². The molecule has 0 aliphatic carbocycles. The minimum absolute atomic E-state index is 0.425. The number of hydrogen-bond acceptors (Lipinski definition) is 3. The molecule has 0 saturated heterocycles. The Bertz CT molecular complexity index is 1400. The maximum atomic E-state index is 13.1. The van der Waals surface area contributed by atoms with Crippen LogP contribution < -0.4 is 4.74 Å². The van der Waals surface area contributed by atoms with Crippen LogP contribution in [0.1, 0.15) is 10.4 Å². The zero-order chi connectivity index (χ0) is 21.9. The molecule has 4 heteroatoms. The number of halogens is 1. The first-order valence-corrected chi connectivity index (χ1v) is 10.6. The van der Waals surface area contributed by atoms with Gasteiger partial charge in [0.05, 0.1) is 16.8 Å². The maximum Gasteiger partial charge on any atom is 0.344 e. The average Bonchev–Trinajstić information content (AvgIpc) is 2.85. The topological polar surface area (TPSA) is 39.2 Å². The van der Waals surface area contributed by atoms with Gasteiger partial charge in [-0.1, -0.05) is 84.4 Å². The first kappa shape index (κ1) is 20.0. The lowest BCUT2D eigenvalue weighted by Gasteiger charge is -2.10. The van der Waals surface area contributed by atoms with E-state index in [0.717, 1.165) is 27.6 Å². The van der Waals surface area contributed by atoms with Gasteiger partial charge in [0.1, 0.15) is 5.75 Å². The molecule has 0 saturated carbocycles. The van der Waals surface area contributed by atoms with Crippen LogP contribution in [0.3, 0.4) is 0 Å². The number of carbonyl (C=O) groups excluding carboxylic acids is 1. The summed E-state index contributed by atoms with van der Waals surface area (Å²) in [6.07, 6.45) is 0. The molecule has 0 N–H and O–H groups in total. The molecule has 0 spiro atoms. The van der Waals surface area contributed by atoms with E-state index in [1.165, 1.54) is 0 Å². The molecular weight excluding hydrogens is 418 g/mol. The van der Waals surface area contributed by atoms with E-state index in [-0.39, 0.29) is 0 Å². The van der Waals surface area contributed by atoms with Crippen LogP contribution in [0.2, 0.25) is 5.02 Å². The van der Waals surface area contributed by atoms with Crippen molar-refractivity contribution in [1.29, 1.82) is 0 Å². The summed E-state index contributed by atoms with van der Waals surface area (Å²) in [5.41, 5.74) is 4.93. The number of rotatable bonds is 4. The third kappa shape index (κ3) is 4.11. The summed E-state index contributed by atoms with van der Waals surface area (Å²) < 4.78 is 5.72. The number of carbonyl (C=O) groups is 1. The highest BCUT2D eigenvalue weighted by Crippen LogP contribution is 2.28. The Balaban J connectivity index is 1.48. The number of hydrogen-bond donors (Lipinski definition) is 0. The zero-order valence-corrected chi connectivity index (χ0v) is 17.8. The van der Waals surface area contributed by atoms with Gasteiger partial charge < -0.3 is 4.74 Å². The second-order valence-electron chi connectivity index (χ2n) is 7.36. The summed E-state index contributed by atoms with van der Waals surface area (Å²) >= 11 is 6.02. The second kappa shape index (κ2) is 8.66. The Hall–Kier alpha value is -3.95. The van der Waals surface area contributed by atoms with Gasteiger partial charge in [0, 0.05) is 16.0 Å². The van der Waals surface area contributed by atoms with E-state index in [9.17, 15) is 4.79 Å². The van der Waals surface area contributed by atoms with Gasteiger partial charge in [0.2, 0.25) is 0 Å². The van der Waals surface area contributed by atoms with Crippen LogP contribution in [0.4, 0.5) is 0 Å². The monoisotopic (exact) mass is 435 g/mol. The van der Waals surface area contributed by atoms with E-state index in [0.29, 0.717) is 22.0 Å². The van der Waals surface area contributed by atoms with Crippen molar-refractivity contribution in [2.45, 2.75) is 0 Å². The number of fused-ring (bicyclic) bond motifs is 1. The van der Waals surface area contributed by atoms with E-state index >= 15 is 0 Å². The molecule has 5 aromatic rings. The predicted octanol–water partition coefficient (Wildman–Crippen LogP) is 7.44. The van der Waals surface area contributed by atoms with Crippen molar-refractivity contribution in [3.63, 3.8) is 0 Å². The van der Waals surface area contributed by atoms with Crippen LogP contribution in [0.5, 0.6) is 5.75 Å². The fraction of sp³-hybridized carbons (Fsp3) is 0. The van der Waals surface area contributed by atoms with Gasteiger partial charge in [0.15, 0.2) is 0 Å². The number of benzene rings is 4. The molecule has 1 heterocycles. The Morgan fingerprint density at radius 2 is 1.31 bits per heavy atom. The van der Waals surface area contributed by atoms with Crippen LogP contribution in [0.15, 0.2) is 109 Å². The second-order valence-corrected chi connectivity index (χ2v) is 7.80. The summed E-state index contributed by atoms with van der Waals surface area (Å²) in [6.45, 7) is 0. The molecule has 0 aliphatic heterocycles. The van der Waals surface area contributed by atoms with Crippen molar-refractivity contribution in [2.75, 3.05) is 0 Å². The van der Waals surface area contributed by atoms with Crippen molar-refractivity contribution >= 4 is 28.5 Å². The van der Waals surface area contributed by atoms with Crippen molar-refractivity contribution in [2.24, 2.45) is 0 Å². The van der Waals surface area contributed by atoms with E-state index in [4.69, 9.17) is 21.3 Å². The number of nitrogens with zero attached hydrogens (tertiary/aromatic N) is 1. The summed E-state index contributed by atoms with van der Waals surface area (Å²) in [7, 11) is 0. The molecular formula is C28H18ClNO2. The quantitative estimate of drug-likeness (QED) is 0.217. The van der Waals surface area contributed by atoms with Crippen molar-refractivity contribution < 1.29 is 9.53 Å². The van der Waals surface area contributed by atoms with Gasteiger partial charge in [-0.2, -0.15) is 0 Å². The smallest absolute Gasteiger partial charge is 0.344 e. The summed E-state index contributed by atoms with van der Waals surface area (Å²) in [6, 6.07) is 34.3. The molecule has 0 bridgehead atoms. The predicted molar refractivity (Wildman–Crippen MR) is 129 cm³/mol. The van der Waals surface area contributed by atoms with E-state index in [2.05, 4.69) is 0 Å². The molecule has 0 amide bonds. The van der Waals surface area contributed by atoms with Gasteiger partial charge in [-0.25, -0.2) is 9.78 Å². The van der Waals surface area contributed by atoms with Gasteiger partial charge in [-0.05, 0) is 47.5 Å². The van der Waals surface area contributed by atoms with Gasteiger partial charge in [-0.15, -0.1) is 0 Å². The molecule has 32 heavy (non-hydrogen) atoms. The molecule has 0 fully saturated rings. The molecule has 4 aromatic carbocycles. The molecule has 0 radical (unpaired) electrons. The Labute approximate surface area is 190 Å². The molecule has 0 atom stereocenters. The Kier molecular flexibility index (Phi) is 5.40. The van der Waals surface area contributed by atoms with Crippen LogP contribution in [0.25, 0.3) is 33.3 Å². The van der Waals surface area contributed by atoms with Crippen LogP contribution in [-0.4, -0.2) is 11.0 Å². The number of aromatic nitrogens is 1. The summed E-state index contributed by atoms with van der Waals surface area (Å²) in [5, 5.41) is 1.39. The van der Waals surface area contributed by atoms with E-state index < -0.39 is 5.97 Å². The first-order valence-electron chi connectivity index (χ1n) is 10.2. The SMILES string of the molecule is O=C(Oc1ccc(-c2ccccc2)cc1)c1cc(-c2ccc(Cl)cc2)nc2ccccc12. The fourth-order valence-corrected chi connectivity index (χ4v) is 3.75. The maximum absolute atomic E-state index is 13.1. The van der Waals surface area contributed by atoms with E-state index in [1.54, 1.807) is 18.2 Å². The molecule has 0 aliphatic rings. The number of para-hydroxylation sites is 1. The third-order valence-electron chi connectivity index (χ3n) is 5.25. The van der Waals surface area contributed by atoms with E-state index in [1.807, 2.05) is 91.0 Å². The minimum atomic E-state index is -0.425. The van der Waals surface area contributed by atoms with Gasteiger partial charge in [0.25, 0.3) is 0 Å². The van der Waals surface area contributed by atoms with Crippen LogP contribution in [-0.2, 0) is 0 Å². The average molecular weight is 436 g/mol.